The van der Waals surface area contributed by atoms with Crippen molar-refractivity contribution in [2.45, 2.75) is 123 Å². The first kappa shape index (κ1) is 37.0. The Morgan fingerprint density at radius 1 is 0.378 bits per heavy atom. The van der Waals surface area contributed by atoms with Gasteiger partial charge in [0.25, 0.3) is 0 Å². The molecule has 21 heteroatoms. The monoisotopic (exact) mass is 666 g/mol. The van der Waals surface area contributed by atoms with Gasteiger partial charge in [-0.15, -0.1) is 0 Å². The summed E-state index contributed by atoms with van der Waals surface area (Å²) >= 11 is 0. The SMILES string of the molecule is OC[C@H]1O[C@H](O)[C@H](O)[C@@H](O)C1O[C@H]1O[C@H](CO[C@H]2O[C@H](CO)[C@@H](O)[C@H](O)[C@@H]2O)C(O[C@H]2O[C@H](CO)[C@@H](O)[C@H](O)[C@H]2O)[C@H](O)[C@H]1O. The molecule has 45 heavy (non-hydrogen) atoms. The third kappa shape index (κ3) is 7.59. The van der Waals surface area contributed by atoms with Crippen LogP contribution in [0.2, 0.25) is 0 Å². The standard InChI is InChI=1S/C24H42O21/c25-1-5-9(28)11(30)16(35)22(41-5)39-4-8-20(45-23-17(36)12(31)10(29)6(2-26)42-23)14(33)18(37)24(43-8)44-19-7(3-27)40-21(38)15(34)13(19)32/h5-38H,1-4H2/t5-,6-,7-,8-,9-,10-,11+,12+,13-,14-,15-,16+,17-,18-,19?,20?,21+,22+,23-,24-/m1/s1. The molecule has 4 heterocycles. The van der Waals surface area contributed by atoms with Gasteiger partial charge in [-0.2, -0.15) is 0 Å². The Morgan fingerprint density at radius 2 is 0.778 bits per heavy atom. The summed E-state index contributed by atoms with van der Waals surface area (Å²) in [5.41, 5.74) is 0. The number of rotatable bonds is 10. The first-order valence-electron chi connectivity index (χ1n) is 14.1. The molecule has 0 saturated carbocycles. The topological polar surface area (TPSA) is 348 Å². The normalized spacial score (nSPS) is 52.9. The predicted octanol–water partition coefficient (Wildman–Crippen LogP) is -9.75. The molecule has 4 aliphatic rings. The number of aliphatic hydroxyl groups is 14. The Hall–Kier alpha value is -0.840. The van der Waals surface area contributed by atoms with E-state index in [1.165, 1.54) is 0 Å². The molecule has 0 aromatic carbocycles. The van der Waals surface area contributed by atoms with Crippen LogP contribution >= 0.6 is 0 Å². The van der Waals surface area contributed by atoms with Gasteiger partial charge in [0, 0.05) is 0 Å². The Morgan fingerprint density at radius 3 is 1.29 bits per heavy atom. The van der Waals surface area contributed by atoms with E-state index in [4.69, 9.17) is 33.2 Å². The number of aliphatic hydroxyl groups excluding tert-OH is 14. The van der Waals surface area contributed by atoms with Crippen molar-refractivity contribution >= 4 is 0 Å². The van der Waals surface area contributed by atoms with Crippen molar-refractivity contribution in [1.29, 1.82) is 0 Å². The largest absolute Gasteiger partial charge is 0.394 e. The van der Waals surface area contributed by atoms with Crippen LogP contribution in [0.3, 0.4) is 0 Å². The predicted molar refractivity (Wildman–Crippen MR) is 134 cm³/mol. The quantitative estimate of drug-likeness (QED) is 0.103. The minimum atomic E-state index is -2.06. The maximum absolute atomic E-state index is 11.1. The van der Waals surface area contributed by atoms with E-state index in [1.807, 2.05) is 0 Å². The Balaban J connectivity index is 1.56. The summed E-state index contributed by atoms with van der Waals surface area (Å²) in [6.07, 6.45) is -35.6. The van der Waals surface area contributed by atoms with Crippen molar-refractivity contribution in [2.24, 2.45) is 0 Å². The fourth-order valence-corrected chi connectivity index (χ4v) is 5.44. The molecule has 264 valence electrons. The van der Waals surface area contributed by atoms with Crippen molar-refractivity contribution in [3.05, 3.63) is 0 Å². The van der Waals surface area contributed by atoms with Gasteiger partial charge in [0.05, 0.1) is 26.4 Å². The maximum atomic E-state index is 11.1. The Kier molecular flexibility index (Phi) is 12.8. The highest BCUT2D eigenvalue weighted by molar-refractivity contribution is 4.97. The van der Waals surface area contributed by atoms with E-state index in [-0.39, 0.29) is 0 Å². The van der Waals surface area contributed by atoms with Crippen LogP contribution in [-0.4, -0.2) is 221 Å². The first-order chi connectivity index (χ1) is 21.2. The second-order valence-electron chi connectivity index (χ2n) is 11.2. The third-order valence-electron chi connectivity index (χ3n) is 8.18. The van der Waals surface area contributed by atoms with Crippen LogP contribution in [-0.2, 0) is 33.2 Å². The highest BCUT2D eigenvalue weighted by Gasteiger charge is 2.54. The molecule has 0 spiro atoms. The lowest BCUT2D eigenvalue weighted by atomic mass is 9.96. The van der Waals surface area contributed by atoms with E-state index in [0.717, 1.165) is 0 Å². The molecular weight excluding hydrogens is 624 g/mol. The van der Waals surface area contributed by atoms with Gasteiger partial charge in [0.2, 0.25) is 0 Å². The summed E-state index contributed by atoms with van der Waals surface area (Å²) in [5, 5.41) is 142. The molecule has 4 saturated heterocycles. The second kappa shape index (κ2) is 15.6. The molecule has 0 radical (unpaired) electrons. The van der Waals surface area contributed by atoms with Gasteiger partial charge >= 0.3 is 0 Å². The van der Waals surface area contributed by atoms with Gasteiger partial charge < -0.3 is 105 Å². The van der Waals surface area contributed by atoms with E-state index >= 15 is 0 Å². The zero-order valence-corrected chi connectivity index (χ0v) is 23.5. The van der Waals surface area contributed by atoms with Crippen LogP contribution in [0.5, 0.6) is 0 Å². The van der Waals surface area contributed by atoms with Crippen LogP contribution in [0.1, 0.15) is 0 Å². The molecule has 0 aromatic rings. The van der Waals surface area contributed by atoms with Crippen molar-refractivity contribution in [3.8, 4) is 0 Å². The van der Waals surface area contributed by atoms with Gasteiger partial charge in [-0.05, 0) is 0 Å². The van der Waals surface area contributed by atoms with Crippen LogP contribution in [0.25, 0.3) is 0 Å². The van der Waals surface area contributed by atoms with Gasteiger partial charge in [-0.1, -0.05) is 0 Å². The van der Waals surface area contributed by atoms with E-state index in [1.54, 1.807) is 0 Å². The van der Waals surface area contributed by atoms with Crippen LogP contribution in [0.15, 0.2) is 0 Å². The summed E-state index contributed by atoms with van der Waals surface area (Å²) in [5.74, 6) is 0. The zero-order chi connectivity index (χ0) is 33.3. The average molecular weight is 667 g/mol. The van der Waals surface area contributed by atoms with Crippen molar-refractivity contribution in [2.75, 3.05) is 26.4 Å². The summed E-state index contributed by atoms with van der Waals surface area (Å²) in [4.78, 5) is 0. The van der Waals surface area contributed by atoms with Crippen LogP contribution in [0, 0.1) is 0 Å². The molecule has 20 atom stereocenters. The lowest BCUT2D eigenvalue weighted by Gasteiger charge is -2.48. The van der Waals surface area contributed by atoms with Crippen molar-refractivity contribution in [1.82, 2.24) is 0 Å². The summed E-state index contributed by atoms with van der Waals surface area (Å²) in [6, 6.07) is 0. The molecular formula is C24H42O21. The lowest BCUT2D eigenvalue weighted by molar-refractivity contribution is -0.383. The third-order valence-corrected chi connectivity index (χ3v) is 8.18. The highest BCUT2D eigenvalue weighted by Crippen LogP contribution is 2.33. The lowest BCUT2D eigenvalue weighted by Crippen LogP contribution is -2.67. The molecule has 21 nitrogen and oxygen atoms in total. The van der Waals surface area contributed by atoms with Crippen LogP contribution in [0.4, 0.5) is 0 Å². The van der Waals surface area contributed by atoms with Gasteiger partial charge in [0.1, 0.15) is 97.7 Å². The highest BCUT2D eigenvalue weighted by atomic mass is 16.8. The van der Waals surface area contributed by atoms with E-state index in [0.29, 0.717) is 0 Å². The summed E-state index contributed by atoms with van der Waals surface area (Å²) in [6.45, 7) is -3.21. The number of hydrogen-bond donors (Lipinski definition) is 14. The second-order valence-corrected chi connectivity index (χ2v) is 11.2. The summed E-state index contributed by atoms with van der Waals surface area (Å²) < 4.78 is 38.0. The molecule has 2 unspecified atom stereocenters. The fraction of sp³-hybridized carbons (Fsp3) is 1.00. The van der Waals surface area contributed by atoms with Gasteiger partial charge in [0.15, 0.2) is 25.2 Å². The van der Waals surface area contributed by atoms with Crippen LogP contribution < -0.4 is 0 Å². The molecule has 4 rings (SSSR count). The minimum absolute atomic E-state index is 0.761. The molecule has 4 aliphatic heterocycles. The Bertz CT molecular complexity index is 912. The number of hydrogen-bond acceptors (Lipinski definition) is 21. The summed E-state index contributed by atoms with van der Waals surface area (Å²) in [7, 11) is 0. The van der Waals surface area contributed by atoms with E-state index < -0.39 is 149 Å². The van der Waals surface area contributed by atoms with Crippen molar-refractivity contribution in [3.63, 3.8) is 0 Å². The van der Waals surface area contributed by atoms with E-state index in [9.17, 15) is 71.5 Å². The van der Waals surface area contributed by atoms with Gasteiger partial charge in [-0.25, -0.2) is 0 Å². The molecule has 14 N–H and O–H groups in total. The Labute approximate surface area is 254 Å². The fourth-order valence-electron chi connectivity index (χ4n) is 5.44. The first-order valence-corrected chi connectivity index (χ1v) is 14.1. The van der Waals surface area contributed by atoms with Gasteiger partial charge in [-0.3, -0.25) is 0 Å². The molecule has 0 bridgehead atoms. The smallest absolute Gasteiger partial charge is 0.187 e. The maximum Gasteiger partial charge on any atom is 0.187 e. The van der Waals surface area contributed by atoms with Crippen molar-refractivity contribution < 1.29 is 105 Å². The molecule has 0 aromatic heterocycles. The molecule has 4 fully saturated rings. The average Bonchev–Trinajstić information content (AvgIpc) is 3.03. The van der Waals surface area contributed by atoms with E-state index in [2.05, 4.69) is 0 Å². The number of ether oxygens (including phenoxy) is 7. The minimum Gasteiger partial charge on any atom is -0.394 e. The zero-order valence-electron chi connectivity index (χ0n) is 23.5. The molecule has 0 aliphatic carbocycles. The molecule has 0 amide bonds.